The van der Waals surface area contributed by atoms with Crippen molar-refractivity contribution in [1.82, 2.24) is 20.2 Å². The van der Waals surface area contributed by atoms with Crippen LogP contribution in [0.2, 0.25) is 0 Å². The fourth-order valence-corrected chi connectivity index (χ4v) is 4.23. The number of nitrogens with zero attached hydrogens (tertiary/aromatic N) is 3. The zero-order valence-electron chi connectivity index (χ0n) is 13.1. The van der Waals surface area contributed by atoms with E-state index < -0.39 is 0 Å². The molecule has 6 nitrogen and oxygen atoms in total. The van der Waals surface area contributed by atoms with Gasteiger partial charge in [-0.15, -0.1) is 21.5 Å². The zero-order valence-corrected chi connectivity index (χ0v) is 14.7. The van der Waals surface area contributed by atoms with Crippen molar-refractivity contribution in [2.45, 2.75) is 43.8 Å². The largest absolute Gasteiger partial charge is 0.352 e. The Morgan fingerprint density at radius 3 is 3.04 bits per heavy atom. The van der Waals surface area contributed by atoms with Crippen molar-refractivity contribution in [3.63, 3.8) is 0 Å². The number of carbonyl (C=O) groups is 1. The Bertz CT molecular complexity index is 655. The van der Waals surface area contributed by atoms with Gasteiger partial charge in [-0.2, -0.15) is 0 Å². The predicted octanol–water partition coefficient (Wildman–Crippen LogP) is 2.51. The summed E-state index contributed by atoms with van der Waals surface area (Å²) in [4.78, 5) is 13.1. The van der Waals surface area contributed by atoms with E-state index >= 15 is 0 Å². The van der Waals surface area contributed by atoms with E-state index in [9.17, 15) is 4.79 Å². The summed E-state index contributed by atoms with van der Waals surface area (Å²) in [6, 6.07) is 4.19. The highest BCUT2D eigenvalue weighted by Gasteiger charge is 2.23. The average molecular weight is 352 g/mol. The van der Waals surface area contributed by atoms with Gasteiger partial charge in [-0.05, 0) is 30.2 Å². The van der Waals surface area contributed by atoms with Crippen LogP contribution < -0.4 is 11.2 Å². The first-order chi connectivity index (χ1) is 11.1. The maximum absolute atomic E-state index is 12.1. The van der Waals surface area contributed by atoms with Gasteiger partial charge in [0.25, 0.3) is 0 Å². The van der Waals surface area contributed by atoms with Crippen LogP contribution in [0.25, 0.3) is 10.7 Å². The molecule has 2 heterocycles. The van der Waals surface area contributed by atoms with Gasteiger partial charge in [0, 0.05) is 6.04 Å². The molecule has 1 fully saturated rings. The molecule has 2 aromatic heterocycles. The number of thioether (sulfide) groups is 1. The molecular formula is C15H21N5OS2. The lowest BCUT2D eigenvalue weighted by Gasteiger charge is -2.29. The molecule has 3 rings (SSSR count). The molecule has 0 saturated heterocycles. The van der Waals surface area contributed by atoms with Crippen LogP contribution >= 0.6 is 23.1 Å². The molecule has 1 saturated carbocycles. The summed E-state index contributed by atoms with van der Waals surface area (Å²) >= 11 is 2.88. The van der Waals surface area contributed by atoms with Crippen molar-refractivity contribution >= 4 is 29.0 Å². The van der Waals surface area contributed by atoms with Gasteiger partial charge in [-0.25, -0.2) is 4.68 Å². The highest BCUT2D eigenvalue weighted by Crippen LogP contribution is 2.26. The van der Waals surface area contributed by atoms with Gasteiger partial charge in [0.15, 0.2) is 5.82 Å². The molecule has 0 unspecified atom stereocenters. The lowest BCUT2D eigenvalue weighted by atomic mass is 9.86. The molecule has 8 heteroatoms. The Morgan fingerprint density at radius 2 is 2.30 bits per heavy atom. The van der Waals surface area contributed by atoms with Crippen molar-refractivity contribution < 1.29 is 4.79 Å². The van der Waals surface area contributed by atoms with E-state index in [0.29, 0.717) is 28.7 Å². The van der Waals surface area contributed by atoms with Crippen molar-refractivity contribution in [2.75, 3.05) is 11.6 Å². The van der Waals surface area contributed by atoms with Crippen LogP contribution in [0.15, 0.2) is 22.7 Å². The molecule has 2 aromatic rings. The summed E-state index contributed by atoms with van der Waals surface area (Å²) in [5, 5.41) is 13.9. The molecule has 0 aliphatic heterocycles. The molecule has 1 amide bonds. The van der Waals surface area contributed by atoms with Gasteiger partial charge in [-0.3, -0.25) is 4.79 Å². The third kappa shape index (κ3) is 3.87. The smallest absolute Gasteiger partial charge is 0.230 e. The fourth-order valence-electron chi connectivity index (χ4n) is 2.86. The average Bonchev–Trinajstić information content (AvgIpc) is 3.17. The number of nitrogens with one attached hydrogen (secondary N) is 1. The van der Waals surface area contributed by atoms with Gasteiger partial charge in [0.05, 0.1) is 10.6 Å². The van der Waals surface area contributed by atoms with E-state index in [4.69, 9.17) is 5.84 Å². The second-order valence-electron chi connectivity index (χ2n) is 5.88. The highest BCUT2D eigenvalue weighted by molar-refractivity contribution is 7.99. The van der Waals surface area contributed by atoms with Crippen molar-refractivity contribution in [1.29, 1.82) is 0 Å². The molecule has 0 spiro atoms. The fraction of sp³-hybridized carbons (Fsp3) is 0.533. The molecule has 124 valence electrons. The summed E-state index contributed by atoms with van der Waals surface area (Å²) < 4.78 is 1.45. The normalized spacial score (nSPS) is 21.3. The molecule has 0 bridgehead atoms. The minimum atomic E-state index is 0.0365. The first-order valence-electron chi connectivity index (χ1n) is 7.81. The Morgan fingerprint density at radius 1 is 1.48 bits per heavy atom. The molecular weight excluding hydrogens is 330 g/mol. The van der Waals surface area contributed by atoms with Gasteiger partial charge in [0.2, 0.25) is 11.1 Å². The first kappa shape index (κ1) is 16.3. The minimum Gasteiger partial charge on any atom is -0.352 e. The molecule has 0 radical (unpaired) electrons. The summed E-state index contributed by atoms with van der Waals surface area (Å²) in [7, 11) is 0. The highest BCUT2D eigenvalue weighted by atomic mass is 32.2. The summed E-state index contributed by atoms with van der Waals surface area (Å²) in [5.41, 5.74) is 0. The minimum absolute atomic E-state index is 0.0365. The van der Waals surface area contributed by atoms with Gasteiger partial charge in [0.1, 0.15) is 0 Å². The lowest BCUT2D eigenvalue weighted by molar-refractivity contribution is -0.119. The van der Waals surface area contributed by atoms with Gasteiger partial charge >= 0.3 is 0 Å². The zero-order chi connectivity index (χ0) is 16.2. The summed E-state index contributed by atoms with van der Waals surface area (Å²) in [5.74, 6) is 7.56. The SMILES string of the molecule is C[C@@H]1CCCC[C@@H]1NC(=O)CSc1nnc(-c2cccs2)n1N. The number of nitrogens with two attached hydrogens (primary N) is 1. The van der Waals surface area contributed by atoms with Crippen LogP contribution in [0.4, 0.5) is 0 Å². The number of amides is 1. The Hall–Kier alpha value is -1.54. The van der Waals surface area contributed by atoms with Crippen LogP contribution in [0.5, 0.6) is 0 Å². The lowest BCUT2D eigenvalue weighted by Crippen LogP contribution is -2.41. The van der Waals surface area contributed by atoms with Crippen molar-refractivity contribution in [2.24, 2.45) is 5.92 Å². The first-order valence-corrected chi connectivity index (χ1v) is 9.68. The number of nitrogen functional groups attached to an aromatic ring is 1. The quantitative estimate of drug-likeness (QED) is 0.638. The second-order valence-corrected chi connectivity index (χ2v) is 7.77. The predicted molar refractivity (Wildman–Crippen MR) is 93.8 cm³/mol. The maximum Gasteiger partial charge on any atom is 0.230 e. The number of thiophene rings is 1. The van der Waals surface area contributed by atoms with E-state index in [-0.39, 0.29) is 5.91 Å². The molecule has 23 heavy (non-hydrogen) atoms. The monoisotopic (exact) mass is 351 g/mol. The second kappa shape index (κ2) is 7.35. The van der Waals surface area contributed by atoms with E-state index in [1.807, 2.05) is 17.5 Å². The van der Waals surface area contributed by atoms with Crippen LogP contribution in [0.1, 0.15) is 32.6 Å². The van der Waals surface area contributed by atoms with Crippen LogP contribution in [-0.2, 0) is 4.79 Å². The Labute approximate surface area is 143 Å². The molecule has 3 N–H and O–H groups in total. The Balaban J connectivity index is 1.55. The maximum atomic E-state index is 12.1. The van der Waals surface area contributed by atoms with Crippen LogP contribution in [0.3, 0.4) is 0 Å². The molecule has 0 aromatic carbocycles. The van der Waals surface area contributed by atoms with Gasteiger partial charge < -0.3 is 11.2 Å². The Kier molecular flexibility index (Phi) is 5.22. The summed E-state index contributed by atoms with van der Waals surface area (Å²) in [6.07, 6.45) is 4.74. The van der Waals surface area contributed by atoms with Crippen LogP contribution in [0, 0.1) is 5.92 Å². The van der Waals surface area contributed by atoms with Crippen molar-refractivity contribution in [3.05, 3.63) is 17.5 Å². The molecule has 1 aliphatic carbocycles. The third-order valence-electron chi connectivity index (χ3n) is 4.20. The number of aromatic nitrogens is 3. The van der Waals surface area contributed by atoms with Gasteiger partial charge in [-0.1, -0.05) is 37.6 Å². The number of hydrogen-bond donors (Lipinski definition) is 2. The number of rotatable bonds is 5. The van der Waals surface area contributed by atoms with E-state index in [1.54, 1.807) is 11.3 Å². The standard InChI is InChI=1S/C15H21N5OS2/c1-10-5-2-3-6-11(10)17-13(21)9-23-15-19-18-14(20(15)16)12-7-4-8-22-12/h4,7-8,10-11H,2-3,5-6,9,16H2,1H3,(H,17,21)/t10-,11+/m1/s1. The number of hydrogen-bond acceptors (Lipinski definition) is 6. The number of carbonyl (C=O) groups excluding carboxylic acids is 1. The molecule has 1 aliphatic rings. The van der Waals surface area contributed by atoms with E-state index in [0.717, 1.165) is 11.3 Å². The molecule has 2 atom stereocenters. The van der Waals surface area contributed by atoms with Crippen molar-refractivity contribution in [3.8, 4) is 10.7 Å². The third-order valence-corrected chi connectivity index (χ3v) is 6.01. The topological polar surface area (TPSA) is 85.8 Å². The van der Waals surface area contributed by atoms with E-state index in [1.165, 1.54) is 35.7 Å². The summed E-state index contributed by atoms with van der Waals surface area (Å²) in [6.45, 7) is 2.21. The van der Waals surface area contributed by atoms with Crippen LogP contribution in [-0.4, -0.2) is 32.6 Å². The van der Waals surface area contributed by atoms with E-state index in [2.05, 4.69) is 22.4 Å².